The SMILES string of the molecule is O=C(O)CC1(CNC(=O)NCC2CCSC2)CCC1. The second kappa shape index (κ2) is 6.50. The lowest BCUT2D eigenvalue weighted by Gasteiger charge is -2.40. The van der Waals surface area contributed by atoms with Gasteiger partial charge in [-0.05, 0) is 42.1 Å². The summed E-state index contributed by atoms with van der Waals surface area (Å²) in [6.07, 6.45) is 4.20. The number of carbonyl (C=O) groups excluding carboxylic acids is 1. The molecule has 2 fully saturated rings. The molecule has 2 rings (SSSR count). The van der Waals surface area contributed by atoms with Crippen molar-refractivity contribution in [1.82, 2.24) is 10.6 Å². The maximum Gasteiger partial charge on any atom is 0.314 e. The molecule has 3 N–H and O–H groups in total. The van der Waals surface area contributed by atoms with E-state index < -0.39 is 5.97 Å². The second-order valence-corrected chi connectivity index (χ2v) is 6.87. The van der Waals surface area contributed by atoms with Gasteiger partial charge in [-0.25, -0.2) is 4.79 Å². The van der Waals surface area contributed by atoms with Gasteiger partial charge < -0.3 is 15.7 Å². The third-order valence-corrected chi connectivity index (χ3v) is 5.37. The molecule has 1 atom stereocenters. The number of carboxylic acid groups (broad SMARTS) is 1. The standard InChI is InChI=1S/C13H22N2O3S/c16-11(17)6-13(3-1-4-13)9-15-12(18)14-7-10-2-5-19-8-10/h10H,1-9H2,(H,16,17)(H2,14,15,18). The summed E-state index contributed by atoms with van der Waals surface area (Å²) in [6, 6.07) is -0.159. The Morgan fingerprint density at radius 2 is 2.11 bits per heavy atom. The Bertz CT molecular complexity index is 339. The highest BCUT2D eigenvalue weighted by atomic mass is 32.2. The fraction of sp³-hybridized carbons (Fsp3) is 0.846. The molecule has 6 heteroatoms. The summed E-state index contributed by atoms with van der Waals surface area (Å²) in [5.74, 6) is 2.14. The molecular formula is C13H22N2O3S. The molecule has 108 valence electrons. The van der Waals surface area contributed by atoms with Crippen LogP contribution in [0.5, 0.6) is 0 Å². The van der Waals surface area contributed by atoms with Crippen LogP contribution in [0.15, 0.2) is 0 Å². The van der Waals surface area contributed by atoms with E-state index in [1.165, 1.54) is 12.2 Å². The monoisotopic (exact) mass is 286 g/mol. The van der Waals surface area contributed by atoms with Gasteiger partial charge in [-0.2, -0.15) is 11.8 Å². The van der Waals surface area contributed by atoms with Gasteiger partial charge >= 0.3 is 12.0 Å². The first kappa shape index (κ1) is 14.5. The van der Waals surface area contributed by atoms with Crippen LogP contribution in [0.4, 0.5) is 4.79 Å². The number of thioether (sulfide) groups is 1. The highest BCUT2D eigenvalue weighted by Crippen LogP contribution is 2.43. The van der Waals surface area contributed by atoms with Crippen LogP contribution in [-0.2, 0) is 4.79 Å². The van der Waals surface area contributed by atoms with Crippen LogP contribution in [0.2, 0.25) is 0 Å². The number of carbonyl (C=O) groups is 2. The topological polar surface area (TPSA) is 78.4 Å². The number of nitrogens with one attached hydrogen (secondary N) is 2. The molecule has 19 heavy (non-hydrogen) atoms. The largest absolute Gasteiger partial charge is 0.481 e. The molecule has 1 heterocycles. The maximum absolute atomic E-state index is 11.7. The van der Waals surface area contributed by atoms with Crippen molar-refractivity contribution in [3.8, 4) is 0 Å². The van der Waals surface area contributed by atoms with Gasteiger partial charge in [0.2, 0.25) is 0 Å². The van der Waals surface area contributed by atoms with Crippen LogP contribution < -0.4 is 10.6 Å². The first-order chi connectivity index (χ1) is 9.10. The van der Waals surface area contributed by atoms with E-state index in [1.807, 2.05) is 11.8 Å². The first-order valence-electron chi connectivity index (χ1n) is 6.91. The Morgan fingerprint density at radius 3 is 2.63 bits per heavy atom. The van der Waals surface area contributed by atoms with E-state index in [-0.39, 0.29) is 17.9 Å². The van der Waals surface area contributed by atoms with Crippen LogP contribution >= 0.6 is 11.8 Å². The van der Waals surface area contributed by atoms with Crippen molar-refractivity contribution in [2.45, 2.75) is 32.1 Å². The number of amides is 2. The summed E-state index contributed by atoms with van der Waals surface area (Å²) in [5.41, 5.74) is -0.202. The third-order valence-electron chi connectivity index (χ3n) is 4.14. The number of urea groups is 1. The molecule has 1 saturated carbocycles. The van der Waals surface area contributed by atoms with Crippen molar-refractivity contribution in [2.75, 3.05) is 24.6 Å². The zero-order valence-electron chi connectivity index (χ0n) is 11.1. The minimum Gasteiger partial charge on any atom is -0.481 e. The van der Waals surface area contributed by atoms with Crippen molar-refractivity contribution in [2.24, 2.45) is 11.3 Å². The molecule has 0 aromatic carbocycles. The van der Waals surface area contributed by atoms with E-state index in [1.54, 1.807) is 0 Å². The smallest absolute Gasteiger partial charge is 0.314 e. The van der Waals surface area contributed by atoms with Crippen molar-refractivity contribution < 1.29 is 14.7 Å². The quantitative estimate of drug-likeness (QED) is 0.694. The number of hydrogen-bond donors (Lipinski definition) is 3. The van der Waals surface area contributed by atoms with E-state index in [2.05, 4.69) is 10.6 Å². The molecule has 5 nitrogen and oxygen atoms in total. The summed E-state index contributed by atoms with van der Waals surface area (Å²) in [7, 11) is 0. The lowest BCUT2D eigenvalue weighted by molar-refractivity contribution is -0.141. The highest BCUT2D eigenvalue weighted by Gasteiger charge is 2.39. The number of carboxylic acids is 1. The summed E-state index contributed by atoms with van der Waals surface area (Å²) in [5, 5.41) is 14.6. The van der Waals surface area contributed by atoms with Gasteiger partial charge in [0, 0.05) is 13.1 Å². The van der Waals surface area contributed by atoms with Crippen LogP contribution in [0.1, 0.15) is 32.1 Å². The molecule has 0 aromatic heterocycles. The van der Waals surface area contributed by atoms with Crippen molar-refractivity contribution in [3.05, 3.63) is 0 Å². The van der Waals surface area contributed by atoms with E-state index in [0.29, 0.717) is 12.5 Å². The molecular weight excluding hydrogens is 264 g/mol. The van der Waals surface area contributed by atoms with E-state index in [0.717, 1.165) is 31.6 Å². The highest BCUT2D eigenvalue weighted by molar-refractivity contribution is 7.99. The van der Waals surface area contributed by atoms with E-state index in [4.69, 9.17) is 5.11 Å². The van der Waals surface area contributed by atoms with Crippen molar-refractivity contribution >= 4 is 23.8 Å². The predicted molar refractivity (Wildman–Crippen MR) is 75.4 cm³/mol. The zero-order chi connectivity index (χ0) is 13.7. The van der Waals surface area contributed by atoms with Crippen molar-refractivity contribution in [3.63, 3.8) is 0 Å². The van der Waals surface area contributed by atoms with Crippen LogP contribution in [0.3, 0.4) is 0 Å². The minimum absolute atomic E-state index is 0.159. The Kier molecular flexibility index (Phi) is 4.96. The fourth-order valence-corrected chi connectivity index (χ4v) is 4.01. The van der Waals surface area contributed by atoms with Crippen molar-refractivity contribution in [1.29, 1.82) is 0 Å². The average molecular weight is 286 g/mol. The number of rotatable bonds is 6. The average Bonchev–Trinajstić information content (AvgIpc) is 2.82. The predicted octanol–water partition coefficient (Wildman–Crippen LogP) is 1.68. The summed E-state index contributed by atoms with van der Waals surface area (Å²) < 4.78 is 0. The molecule has 2 aliphatic rings. The fourth-order valence-electron chi connectivity index (χ4n) is 2.73. The Hall–Kier alpha value is -0.910. The lowest BCUT2D eigenvalue weighted by Crippen LogP contribution is -2.47. The maximum atomic E-state index is 11.7. The van der Waals surface area contributed by atoms with E-state index >= 15 is 0 Å². The molecule has 0 aromatic rings. The van der Waals surface area contributed by atoms with Gasteiger partial charge in [0.25, 0.3) is 0 Å². The van der Waals surface area contributed by atoms with Crippen LogP contribution in [0, 0.1) is 11.3 Å². The summed E-state index contributed by atoms with van der Waals surface area (Å²) in [4.78, 5) is 22.5. The lowest BCUT2D eigenvalue weighted by atomic mass is 9.66. The molecule has 1 saturated heterocycles. The van der Waals surface area contributed by atoms with E-state index in [9.17, 15) is 9.59 Å². The Balaban J connectivity index is 1.65. The molecule has 1 unspecified atom stereocenters. The number of aliphatic carboxylic acids is 1. The van der Waals surface area contributed by atoms with Gasteiger partial charge in [-0.3, -0.25) is 4.79 Å². The van der Waals surface area contributed by atoms with Gasteiger partial charge in [0.15, 0.2) is 0 Å². The summed E-state index contributed by atoms with van der Waals surface area (Å²) in [6.45, 7) is 1.20. The second-order valence-electron chi connectivity index (χ2n) is 5.72. The minimum atomic E-state index is -0.773. The van der Waals surface area contributed by atoms with Crippen LogP contribution in [0.25, 0.3) is 0 Å². The summed E-state index contributed by atoms with van der Waals surface area (Å²) >= 11 is 1.93. The Morgan fingerprint density at radius 1 is 1.32 bits per heavy atom. The molecule has 0 spiro atoms. The van der Waals surface area contributed by atoms with Gasteiger partial charge in [-0.1, -0.05) is 6.42 Å². The molecule has 0 radical (unpaired) electrons. The molecule has 0 bridgehead atoms. The van der Waals surface area contributed by atoms with Crippen LogP contribution in [-0.4, -0.2) is 41.7 Å². The molecule has 2 amide bonds. The third kappa shape index (κ3) is 4.30. The normalized spacial score (nSPS) is 24.5. The zero-order valence-corrected chi connectivity index (χ0v) is 11.9. The molecule has 1 aliphatic heterocycles. The molecule has 1 aliphatic carbocycles. The van der Waals surface area contributed by atoms with Gasteiger partial charge in [0.1, 0.15) is 0 Å². The number of hydrogen-bond acceptors (Lipinski definition) is 3. The van der Waals surface area contributed by atoms with Gasteiger partial charge in [0.05, 0.1) is 6.42 Å². The van der Waals surface area contributed by atoms with Gasteiger partial charge in [-0.15, -0.1) is 0 Å². The first-order valence-corrected chi connectivity index (χ1v) is 8.06. The Labute approximate surface area is 117 Å².